The molecule has 0 saturated carbocycles. The second-order valence-corrected chi connectivity index (χ2v) is 8.71. The molecule has 28 heavy (non-hydrogen) atoms. The number of ether oxygens (including phenoxy) is 2. The van der Waals surface area contributed by atoms with E-state index in [4.69, 9.17) is 9.47 Å². The largest absolute Gasteiger partial charge is 0.493 e. The van der Waals surface area contributed by atoms with Crippen LogP contribution in [0.4, 0.5) is 0 Å². The molecule has 0 aliphatic rings. The second kappa shape index (κ2) is 8.04. The van der Waals surface area contributed by atoms with Crippen molar-refractivity contribution >= 4 is 27.3 Å². The molecule has 0 fully saturated rings. The molecule has 146 valence electrons. The molecule has 3 rings (SSSR count). The first-order chi connectivity index (χ1) is 13.3. The van der Waals surface area contributed by atoms with Crippen LogP contribution in [0.25, 0.3) is 21.6 Å². The molecule has 1 heterocycles. The van der Waals surface area contributed by atoms with Gasteiger partial charge < -0.3 is 9.47 Å². The highest BCUT2D eigenvalue weighted by Crippen LogP contribution is 2.36. The van der Waals surface area contributed by atoms with E-state index in [-0.39, 0.29) is 5.56 Å². The van der Waals surface area contributed by atoms with Gasteiger partial charge in [-0.25, -0.2) is 13.1 Å². The van der Waals surface area contributed by atoms with Crippen LogP contribution in [-0.4, -0.2) is 34.8 Å². The van der Waals surface area contributed by atoms with Gasteiger partial charge in [-0.1, -0.05) is 18.2 Å². The van der Waals surface area contributed by atoms with Gasteiger partial charge in [-0.15, -0.1) is 11.3 Å². The molecule has 0 bridgehead atoms. The highest BCUT2D eigenvalue weighted by Gasteiger charge is 2.13. The highest BCUT2D eigenvalue weighted by molar-refractivity contribution is 7.89. The van der Waals surface area contributed by atoms with E-state index in [1.165, 1.54) is 11.3 Å². The zero-order valence-corrected chi connectivity index (χ0v) is 17.2. The normalized spacial score (nSPS) is 11.1. The van der Waals surface area contributed by atoms with Crippen LogP contribution in [-0.2, 0) is 10.0 Å². The fraction of sp³-hybridized carbons (Fsp3) is 0.150. The molecular formula is C20H19NO5S2. The summed E-state index contributed by atoms with van der Waals surface area (Å²) in [6.07, 6.45) is 0.948. The van der Waals surface area contributed by atoms with Crippen LogP contribution in [0.3, 0.4) is 0 Å². The fourth-order valence-electron chi connectivity index (χ4n) is 2.70. The molecule has 8 heteroatoms. The molecule has 2 aromatic carbocycles. The Morgan fingerprint density at radius 2 is 1.68 bits per heavy atom. The number of methoxy groups -OCH3 is 2. The molecule has 6 nitrogen and oxygen atoms in total. The second-order valence-electron chi connectivity index (χ2n) is 6.05. The lowest BCUT2D eigenvalue weighted by molar-refractivity contribution is 0.0981. The van der Waals surface area contributed by atoms with Gasteiger partial charge in [-0.05, 0) is 52.4 Å². The van der Waals surface area contributed by atoms with Crippen LogP contribution in [0.15, 0.2) is 53.9 Å². The van der Waals surface area contributed by atoms with Crippen LogP contribution >= 0.6 is 11.3 Å². The minimum atomic E-state index is -3.61. The van der Waals surface area contributed by atoms with Crippen molar-refractivity contribution in [2.24, 2.45) is 0 Å². The van der Waals surface area contributed by atoms with Crippen molar-refractivity contribution < 1.29 is 22.7 Å². The van der Waals surface area contributed by atoms with E-state index >= 15 is 0 Å². The summed E-state index contributed by atoms with van der Waals surface area (Å²) in [5.74, 6) is 0.652. The van der Waals surface area contributed by atoms with Crippen molar-refractivity contribution in [2.75, 3.05) is 20.5 Å². The van der Waals surface area contributed by atoms with E-state index in [9.17, 15) is 13.2 Å². The summed E-state index contributed by atoms with van der Waals surface area (Å²) in [6.45, 7) is 0. The Kier molecular flexibility index (Phi) is 5.71. The van der Waals surface area contributed by atoms with Gasteiger partial charge in [0.15, 0.2) is 11.5 Å². The van der Waals surface area contributed by atoms with Crippen molar-refractivity contribution in [1.29, 1.82) is 0 Å². The number of hydrogen-bond donors (Lipinski definition) is 1. The predicted molar refractivity (Wildman–Crippen MR) is 111 cm³/mol. The Labute approximate surface area is 167 Å². The molecule has 1 amide bonds. The van der Waals surface area contributed by atoms with Gasteiger partial charge in [-0.2, -0.15) is 0 Å². The van der Waals surface area contributed by atoms with Crippen molar-refractivity contribution in [3.63, 3.8) is 0 Å². The van der Waals surface area contributed by atoms with Gasteiger partial charge in [0.1, 0.15) is 0 Å². The summed E-state index contributed by atoms with van der Waals surface area (Å²) in [5.41, 5.74) is 3.10. The number of nitrogens with one attached hydrogen (secondary N) is 1. The number of hydrogen-bond acceptors (Lipinski definition) is 6. The number of benzene rings is 2. The summed E-state index contributed by atoms with van der Waals surface area (Å²) in [4.78, 5) is 13.0. The van der Waals surface area contributed by atoms with Gasteiger partial charge in [0.2, 0.25) is 10.0 Å². The van der Waals surface area contributed by atoms with E-state index in [0.29, 0.717) is 11.5 Å². The standard InChI is InChI=1S/C20H19NO5S2/c1-25-17-8-7-13(10-18(17)26-2)16-11-19(27-12-16)14-5-4-6-15(9-14)20(22)21-28(3,23)24/h4-12H,1-3H3,(H,21,22). The average Bonchev–Trinajstić information content (AvgIpc) is 3.16. The molecule has 0 unspecified atom stereocenters. The first-order valence-electron chi connectivity index (χ1n) is 8.24. The van der Waals surface area contributed by atoms with Gasteiger partial charge in [0.25, 0.3) is 5.91 Å². The molecule has 0 spiro atoms. The van der Waals surface area contributed by atoms with Crippen LogP contribution in [0.1, 0.15) is 10.4 Å². The van der Waals surface area contributed by atoms with Crippen LogP contribution in [0.2, 0.25) is 0 Å². The third kappa shape index (κ3) is 4.52. The van der Waals surface area contributed by atoms with Crippen molar-refractivity contribution in [1.82, 2.24) is 4.72 Å². The minimum absolute atomic E-state index is 0.281. The lowest BCUT2D eigenvalue weighted by atomic mass is 10.1. The smallest absolute Gasteiger partial charge is 0.264 e. The summed E-state index contributed by atoms with van der Waals surface area (Å²) >= 11 is 1.53. The molecule has 1 aromatic heterocycles. The molecule has 1 N–H and O–H groups in total. The Hall–Kier alpha value is -2.84. The molecule has 3 aromatic rings. The first-order valence-corrected chi connectivity index (χ1v) is 11.0. The monoisotopic (exact) mass is 417 g/mol. The summed E-state index contributed by atoms with van der Waals surface area (Å²) < 4.78 is 35.2. The third-order valence-corrected chi connectivity index (χ3v) is 5.54. The molecule has 0 aliphatic heterocycles. The van der Waals surface area contributed by atoms with Gasteiger partial charge in [0.05, 0.1) is 20.5 Å². The molecule has 0 radical (unpaired) electrons. The number of thiophene rings is 1. The average molecular weight is 418 g/mol. The Morgan fingerprint density at radius 3 is 2.36 bits per heavy atom. The van der Waals surface area contributed by atoms with E-state index < -0.39 is 15.9 Å². The quantitative estimate of drug-likeness (QED) is 0.660. The van der Waals surface area contributed by atoms with Crippen LogP contribution < -0.4 is 14.2 Å². The molecule has 0 atom stereocenters. The SMILES string of the molecule is COc1ccc(-c2csc(-c3cccc(C(=O)NS(C)(=O)=O)c3)c2)cc1OC. The lowest BCUT2D eigenvalue weighted by Crippen LogP contribution is -2.29. The number of carbonyl (C=O) groups excluding carboxylic acids is 1. The van der Waals surface area contributed by atoms with Gasteiger partial charge >= 0.3 is 0 Å². The first kappa shape index (κ1) is 19.9. The van der Waals surface area contributed by atoms with E-state index in [1.807, 2.05) is 40.4 Å². The zero-order valence-electron chi connectivity index (χ0n) is 15.6. The topological polar surface area (TPSA) is 81.7 Å². The molecule has 0 saturated heterocycles. The predicted octanol–water partition coefficient (Wildman–Crippen LogP) is 3.79. The molecular weight excluding hydrogens is 398 g/mol. The van der Waals surface area contributed by atoms with Gasteiger partial charge in [-0.3, -0.25) is 4.79 Å². The van der Waals surface area contributed by atoms with Crippen molar-refractivity contribution in [2.45, 2.75) is 0 Å². The van der Waals surface area contributed by atoms with E-state index in [0.717, 1.165) is 27.8 Å². The van der Waals surface area contributed by atoms with Crippen molar-refractivity contribution in [3.8, 4) is 33.1 Å². The maximum atomic E-state index is 12.1. The zero-order chi connectivity index (χ0) is 20.3. The number of sulfonamides is 1. The maximum Gasteiger partial charge on any atom is 0.264 e. The Balaban J connectivity index is 1.90. The molecule has 0 aliphatic carbocycles. The van der Waals surface area contributed by atoms with E-state index in [1.54, 1.807) is 32.4 Å². The Morgan fingerprint density at radius 1 is 0.929 bits per heavy atom. The van der Waals surface area contributed by atoms with Crippen LogP contribution in [0, 0.1) is 0 Å². The van der Waals surface area contributed by atoms with Crippen molar-refractivity contribution in [3.05, 3.63) is 59.5 Å². The summed E-state index contributed by atoms with van der Waals surface area (Å²) in [6, 6.07) is 14.6. The number of amides is 1. The van der Waals surface area contributed by atoms with E-state index in [2.05, 4.69) is 0 Å². The third-order valence-electron chi connectivity index (χ3n) is 4.00. The maximum absolute atomic E-state index is 12.1. The fourth-order valence-corrected chi connectivity index (χ4v) is 4.07. The summed E-state index contributed by atoms with van der Waals surface area (Å²) in [7, 11) is -0.431. The highest BCUT2D eigenvalue weighted by atomic mass is 32.2. The summed E-state index contributed by atoms with van der Waals surface area (Å²) in [5, 5.41) is 2.01. The minimum Gasteiger partial charge on any atom is -0.493 e. The van der Waals surface area contributed by atoms with Gasteiger partial charge in [0, 0.05) is 10.4 Å². The number of rotatable bonds is 6. The number of carbonyl (C=O) groups is 1. The Bertz CT molecular complexity index is 1120. The van der Waals surface area contributed by atoms with Crippen LogP contribution in [0.5, 0.6) is 11.5 Å². The lowest BCUT2D eigenvalue weighted by Gasteiger charge is -2.08.